The molecule has 4 heterocycles. The first kappa shape index (κ1) is 22.8. The first-order chi connectivity index (χ1) is 16.4. The van der Waals surface area contributed by atoms with E-state index in [2.05, 4.69) is 41.5 Å². The number of likely N-dealkylation sites (tertiary alicyclic amines) is 1. The number of amides is 2. The summed E-state index contributed by atoms with van der Waals surface area (Å²) >= 11 is 1.56. The van der Waals surface area contributed by atoms with Crippen LogP contribution in [0.3, 0.4) is 0 Å². The summed E-state index contributed by atoms with van der Waals surface area (Å²) < 4.78 is 1.79. The molecular formula is C24H31N7O2S. The number of nitrogens with one attached hydrogen (secondary N) is 2. The number of hydrogen-bond donors (Lipinski definition) is 2. The summed E-state index contributed by atoms with van der Waals surface area (Å²) in [6.07, 6.45) is 7.16. The van der Waals surface area contributed by atoms with Crippen LogP contribution in [0.25, 0.3) is 16.2 Å². The molecule has 2 N–H and O–H groups in total. The predicted octanol–water partition coefficient (Wildman–Crippen LogP) is 3.44. The Morgan fingerprint density at radius 1 is 1.12 bits per heavy atom. The Bertz CT molecular complexity index is 1190. The number of fused-ring (bicyclic) bond motifs is 1. The van der Waals surface area contributed by atoms with Crippen LogP contribution in [0.4, 0.5) is 5.82 Å². The molecule has 34 heavy (non-hydrogen) atoms. The van der Waals surface area contributed by atoms with Gasteiger partial charge in [-0.15, -0.1) is 11.3 Å². The fraction of sp³-hybridized carbons (Fsp3) is 0.542. The quantitative estimate of drug-likeness (QED) is 0.536. The average Bonchev–Trinajstić information content (AvgIpc) is 3.45. The van der Waals surface area contributed by atoms with Gasteiger partial charge >= 0.3 is 0 Å². The van der Waals surface area contributed by atoms with Gasteiger partial charge in [-0.3, -0.25) is 9.59 Å². The second-order valence-corrected chi connectivity index (χ2v) is 10.6. The lowest BCUT2D eigenvalue weighted by molar-refractivity contribution is -0.123. The number of anilines is 1. The van der Waals surface area contributed by atoms with E-state index in [1.165, 1.54) is 0 Å². The summed E-state index contributed by atoms with van der Waals surface area (Å²) in [6.45, 7) is 7.59. The third kappa shape index (κ3) is 4.77. The van der Waals surface area contributed by atoms with Gasteiger partial charge in [0.05, 0.1) is 11.8 Å². The number of thiazole rings is 1. The van der Waals surface area contributed by atoms with Gasteiger partial charge in [0.1, 0.15) is 16.3 Å². The van der Waals surface area contributed by atoms with Crippen molar-refractivity contribution >= 4 is 33.8 Å². The van der Waals surface area contributed by atoms with E-state index in [0.29, 0.717) is 36.3 Å². The zero-order chi connectivity index (χ0) is 23.8. The smallest absolute Gasteiger partial charge is 0.272 e. The summed E-state index contributed by atoms with van der Waals surface area (Å²) in [6, 6.07) is 2.08. The van der Waals surface area contributed by atoms with E-state index < -0.39 is 0 Å². The van der Waals surface area contributed by atoms with Crippen molar-refractivity contribution in [1.82, 2.24) is 29.8 Å². The van der Waals surface area contributed by atoms with Crippen LogP contribution >= 0.6 is 11.3 Å². The van der Waals surface area contributed by atoms with E-state index in [0.717, 1.165) is 36.1 Å². The number of piperidine rings is 1. The van der Waals surface area contributed by atoms with Gasteiger partial charge in [-0.25, -0.2) is 14.5 Å². The number of carbonyl (C=O) groups excluding carboxylic acids is 2. The second-order valence-electron chi connectivity index (χ2n) is 9.70. The van der Waals surface area contributed by atoms with Gasteiger partial charge in [0.15, 0.2) is 5.82 Å². The van der Waals surface area contributed by atoms with Gasteiger partial charge < -0.3 is 15.5 Å². The highest BCUT2D eigenvalue weighted by atomic mass is 32.1. The summed E-state index contributed by atoms with van der Waals surface area (Å²) in [4.78, 5) is 37.7. The van der Waals surface area contributed by atoms with Crippen LogP contribution in [0.1, 0.15) is 56.9 Å². The lowest BCUT2D eigenvalue weighted by Crippen LogP contribution is -2.47. The molecule has 3 aromatic rings. The molecule has 1 atom stereocenters. The molecule has 1 aliphatic carbocycles. The van der Waals surface area contributed by atoms with E-state index in [1.807, 2.05) is 16.5 Å². The van der Waals surface area contributed by atoms with Crippen molar-refractivity contribution in [2.24, 2.45) is 11.8 Å². The van der Waals surface area contributed by atoms with Crippen molar-refractivity contribution < 1.29 is 9.59 Å². The Morgan fingerprint density at radius 2 is 1.88 bits per heavy atom. The average molecular weight is 482 g/mol. The number of hydrogen-bond acceptors (Lipinski definition) is 7. The molecule has 3 aromatic heterocycles. The maximum Gasteiger partial charge on any atom is 0.272 e. The van der Waals surface area contributed by atoms with E-state index in [4.69, 9.17) is 4.98 Å². The third-order valence-corrected chi connectivity index (χ3v) is 7.66. The van der Waals surface area contributed by atoms with Crippen LogP contribution in [0.15, 0.2) is 23.8 Å². The van der Waals surface area contributed by atoms with Crippen LogP contribution in [-0.4, -0.2) is 61.5 Å². The van der Waals surface area contributed by atoms with E-state index >= 15 is 0 Å². The van der Waals surface area contributed by atoms with E-state index in [-0.39, 0.29) is 29.8 Å². The standard InChI is InChI=1S/C24H31N7O2S/c1-14(2)15(3)26-20-12-19(28-21(29-20)18-13-25-31-10-11-34-24(18)31)23(33)30-8-6-17(7-9-30)27-22(32)16-4-5-16/h10-17H,4-9H2,1-3H3,(H,27,32)(H,26,28,29). The van der Waals surface area contributed by atoms with Crippen molar-refractivity contribution in [3.8, 4) is 11.4 Å². The molecule has 10 heteroatoms. The molecule has 0 radical (unpaired) electrons. The number of aromatic nitrogens is 4. The van der Waals surface area contributed by atoms with Gasteiger partial charge in [0, 0.05) is 48.7 Å². The minimum Gasteiger partial charge on any atom is -0.367 e. The lowest BCUT2D eigenvalue weighted by Gasteiger charge is -2.32. The van der Waals surface area contributed by atoms with Crippen molar-refractivity contribution in [2.45, 2.75) is 58.5 Å². The molecule has 2 fully saturated rings. The van der Waals surface area contributed by atoms with Crippen molar-refractivity contribution in [3.05, 3.63) is 29.5 Å². The van der Waals surface area contributed by atoms with Crippen LogP contribution in [0.5, 0.6) is 0 Å². The van der Waals surface area contributed by atoms with Crippen LogP contribution in [0.2, 0.25) is 0 Å². The number of nitrogens with zero attached hydrogens (tertiary/aromatic N) is 5. The third-order valence-electron chi connectivity index (χ3n) is 6.77. The first-order valence-corrected chi connectivity index (χ1v) is 12.9. The van der Waals surface area contributed by atoms with Gasteiger partial charge in [-0.2, -0.15) is 5.10 Å². The highest BCUT2D eigenvalue weighted by molar-refractivity contribution is 7.16. The minimum atomic E-state index is -0.106. The highest BCUT2D eigenvalue weighted by Gasteiger charge is 2.32. The second kappa shape index (κ2) is 9.32. The molecule has 0 bridgehead atoms. The SMILES string of the molecule is CC(C)C(C)Nc1cc(C(=O)N2CCC(NC(=O)C3CC3)CC2)nc(-c2cnn3ccsc23)n1. The molecule has 2 amide bonds. The molecule has 1 unspecified atom stereocenters. The Labute approximate surface area is 203 Å². The fourth-order valence-electron chi connectivity index (χ4n) is 4.09. The monoisotopic (exact) mass is 481 g/mol. The number of rotatable bonds is 7. The van der Waals surface area contributed by atoms with Crippen molar-refractivity contribution in [2.75, 3.05) is 18.4 Å². The van der Waals surface area contributed by atoms with Gasteiger partial charge in [-0.1, -0.05) is 13.8 Å². The topological polar surface area (TPSA) is 105 Å². The minimum absolute atomic E-state index is 0.106. The zero-order valence-corrected chi connectivity index (χ0v) is 20.6. The van der Waals surface area contributed by atoms with Gasteiger partial charge in [-0.05, 0) is 38.5 Å². The lowest BCUT2D eigenvalue weighted by atomic mass is 10.0. The largest absolute Gasteiger partial charge is 0.367 e. The van der Waals surface area contributed by atoms with Crippen molar-refractivity contribution in [1.29, 1.82) is 0 Å². The molecule has 180 valence electrons. The van der Waals surface area contributed by atoms with Crippen LogP contribution in [0, 0.1) is 11.8 Å². The molecule has 5 rings (SSSR count). The van der Waals surface area contributed by atoms with E-state index in [1.54, 1.807) is 28.1 Å². The van der Waals surface area contributed by atoms with Crippen LogP contribution in [-0.2, 0) is 4.79 Å². The summed E-state index contributed by atoms with van der Waals surface area (Å²) in [7, 11) is 0. The maximum absolute atomic E-state index is 13.5. The molecule has 0 aromatic carbocycles. The first-order valence-electron chi connectivity index (χ1n) is 12.1. The normalized spacial score (nSPS) is 17.8. The number of carbonyl (C=O) groups is 2. The Balaban J connectivity index is 1.37. The van der Waals surface area contributed by atoms with Crippen LogP contribution < -0.4 is 10.6 Å². The highest BCUT2D eigenvalue weighted by Crippen LogP contribution is 2.30. The molecule has 1 aliphatic heterocycles. The molecule has 2 aliphatic rings. The Morgan fingerprint density at radius 3 is 2.59 bits per heavy atom. The molecule has 0 spiro atoms. The van der Waals surface area contributed by atoms with Crippen molar-refractivity contribution in [3.63, 3.8) is 0 Å². The van der Waals surface area contributed by atoms with E-state index in [9.17, 15) is 9.59 Å². The summed E-state index contributed by atoms with van der Waals surface area (Å²) in [5.41, 5.74) is 1.19. The fourth-order valence-corrected chi connectivity index (χ4v) is 4.88. The predicted molar refractivity (Wildman–Crippen MR) is 132 cm³/mol. The molecule has 9 nitrogen and oxygen atoms in total. The molecule has 1 saturated heterocycles. The summed E-state index contributed by atoms with van der Waals surface area (Å²) in [5, 5.41) is 12.9. The summed E-state index contributed by atoms with van der Waals surface area (Å²) in [5.74, 6) is 1.80. The Hall–Kier alpha value is -3.01. The Kier molecular flexibility index (Phi) is 6.24. The zero-order valence-electron chi connectivity index (χ0n) is 19.8. The molecule has 1 saturated carbocycles. The van der Waals surface area contributed by atoms with Gasteiger partial charge in [0.2, 0.25) is 5.91 Å². The maximum atomic E-state index is 13.5. The van der Waals surface area contributed by atoms with Gasteiger partial charge in [0.25, 0.3) is 5.91 Å². The molecular weight excluding hydrogens is 450 g/mol.